The highest BCUT2D eigenvalue weighted by atomic mass is 16.1. The SMILES string of the molecule is Cc1ccc2cc(C(=O)N=C(N)N)ccc2c1. The van der Waals surface area contributed by atoms with E-state index in [4.69, 9.17) is 11.5 Å². The molecule has 0 bridgehead atoms. The molecule has 0 unspecified atom stereocenters. The third-order valence-electron chi connectivity index (χ3n) is 2.47. The average Bonchev–Trinajstić information content (AvgIpc) is 2.27. The molecule has 0 spiro atoms. The molecule has 0 aliphatic carbocycles. The van der Waals surface area contributed by atoms with Gasteiger partial charge in [-0.1, -0.05) is 29.8 Å². The fourth-order valence-corrected chi connectivity index (χ4v) is 1.68. The predicted octanol–water partition coefficient (Wildman–Crippen LogP) is 1.56. The second-order valence-electron chi connectivity index (χ2n) is 3.91. The molecule has 0 aliphatic rings. The van der Waals surface area contributed by atoms with Crippen LogP contribution in [0.1, 0.15) is 15.9 Å². The van der Waals surface area contributed by atoms with Crippen molar-refractivity contribution in [3.63, 3.8) is 0 Å². The van der Waals surface area contributed by atoms with Gasteiger partial charge in [0.1, 0.15) is 0 Å². The zero-order valence-corrected chi connectivity index (χ0v) is 9.47. The van der Waals surface area contributed by atoms with Crippen LogP contribution in [0.3, 0.4) is 0 Å². The molecular weight excluding hydrogens is 214 g/mol. The van der Waals surface area contributed by atoms with Gasteiger partial charge in [0.15, 0.2) is 5.96 Å². The van der Waals surface area contributed by atoms with Crippen molar-refractivity contribution in [3.05, 3.63) is 47.5 Å². The van der Waals surface area contributed by atoms with Crippen LogP contribution in [-0.2, 0) is 0 Å². The summed E-state index contributed by atoms with van der Waals surface area (Å²) in [5.41, 5.74) is 12.0. The van der Waals surface area contributed by atoms with Gasteiger partial charge in [-0.2, -0.15) is 4.99 Å². The molecule has 0 saturated heterocycles. The van der Waals surface area contributed by atoms with Gasteiger partial charge >= 0.3 is 0 Å². The van der Waals surface area contributed by atoms with Gasteiger partial charge in [-0.25, -0.2) is 0 Å². The summed E-state index contributed by atoms with van der Waals surface area (Å²) in [4.78, 5) is 15.1. The Morgan fingerprint density at radius 1 is 1.06 bits per heavy atom. The minimum absolute atomic E-state index is 0.223. The number of amides is 1. The molecule has 2 aromatic rings. The van der Waals surface area contributed by atoms with Gasteiger partial charge in [0, 0.05) is 5.56 Å². The minimum atomic E-state index is -0.424. The van der Waals surface area contributed by atoms with Crippen LogP contribution in [-0.4, -0.2) is 11.9 Å². The Bertz CT molecular complexity index is 613. The number of carbonyl (C=O) groups excluding carboxylic acids is 1. The molecule has 4 nitrogen and oxygen atoms in total. The molecule has 86 valence electrons. The maximum atomic E-state index is 11.6. The summed E-state index contributed by atoms with van der Waals surface area (Å²) < 4.78 is 0. The topological polar surface area (TPSA) is 81.5 Å². The largest absolute Gasteiger partial charge is 0.370 e. The molecule has 17 heavy (non-hydrogen) atoms. The summed E-state index contributed by atoms with van der Waals surface area (Å²) in [6.07, 6.45) is 0. The van der Waals surface area contributed by atoms with Crippen molar-refractivity contribution in [3.8, 4) is 0 Å². The number of hydrogen-bond donors (Lipinski definition) is 2. The van der Waals surface area contributed by atoms with E-state index in [9.17, 15) is 4.79 Å². The molecule has 2 rings (SSSR count). The van der Waals surface area contributed by atoms with Crippen LogP contribution in [0.4, 0.5) is 0 Å². The predicted molar refractivity (Wildman–Crippen MR) is 68.8 cm³/mol. The van der Waals surface area contributed by atoms with E-state index in [1.165, 1.54) is 5.56 Å². The quantitative estimate of drug-likeness (QED) is 0.573. The van der Waals surface area contributed by atoms with E-state index in [1.54, 1.807) is 12.1 Å². The minimum Gasteiger partial charge on any atom is -0.370 e. The highest BCUT2D eigenvalue weighted by Gasteiger charge is 2.05. The third-order valence-corrected chi connectivity index (χ3v) is 2.47. The highest BCUT2D eigenvalue weighted by molar-refractivity contribution is 6.04. The number of aryl methyl sites for hydroxylation is 1. The van der Waals surface area contributed by atoms with Crippen LogP contribution in [0.5, 0.6) is 0 Å². The Hall–Kier alpha value is -2.36. The van der Waals surface area contributed by atoms with E-state index in [0.29, 0.717) is 5.56 Å². The lowest BCUT2D eigenvalue weighted by Crippen LogP contribution is -2.24. The van der Waals surface area contributed by atoms with Crippen molar-refractivity contribution in [1.82, 2.24) is 0 Å². The second kappa shape index (κ2) is 4.25. The average molecular weight is 227 g/mol. The van der Waals surface area contributed by atoms with Gasteiger partial charge in [-0.3, -0.25) is 4.79 Å². The molecule has 1 amide bonds. The standard InChI is InChI=1S/C13H13N3O/c1-8-2-3-10-7-11(5-4-9(10)6-8)12(17)16-13(14)15/h2-7H,1H3,(H4,14,15,16,17). The van der Waals surface area contributed by atoms with Crippen LogP contribution in [0.2, 0.25) is 0 Å². The Kier molecular flexibility index (Phi) is 2.78. The second-order valence-corrected chi connectivity index (χ2v) is 3.91. The van der Waals surface area contributed by atoms with E-state index >= 15 is 0 Å². The number of carbonyl (C=O) groups is 1. The summed E-state index contributed by atoms with van der Waals surface area (Å²) in [6.45, 7) is 2.03. The zero-order chi connectivity index (χ0) is 12.4. The molecule has 0 atom stereocenters. The normalized spacial score (nSPS) is 10.2. The Morgan fingerprint density at radius 2 is 1.71 bits per heavy atom. The molecule has 0 aliphatic heterocycles. The molecule has 0 fully saturated rings. The van der Waals surface area contributed by atoms with E-state index in [1.807, 2.05) is 25.1 Å². The summed E-state index contributed by atoms with van der Waals surface area (Å²) in [7, 11) is 0. The van der Waals surface area contributed by atoms with Gasteiger partial charge in [0.25, 0.3) is 5.91 Å². The first kappa shape index (κ1) is 11.1. The van der Waals surface area contributed by atoms with E-state index in [2.05, 4.69) is 11.1 Å². The number of nitrogens with zero attached hydrogens (tertiary/aromatic N) is 1. The molecule has 2 aromatic carbocycles. The molecule has 0 saturated carbocycles. The van der Waals surface area contributed by atoms with Crippen molar-refractivity contribution in [2.45, 2.75) is 6.92 Å². The summed E-state index contributed by atoms with van der Waals surface area (Å²) in [5, 5.41) is 2.08. The number of rotatable bonds is 1. The lowest BCUT2D eigenvalue weighted by Gasteiger charge is -2.01. The number of benzene rings is 2. The number of guanidine groups is 1. The van der Waals surface area contributed by atoms with E-state index in [0.717, 1.165) is 10.8 Å². The number of nitrogens with two attached hydrogens (primary N) is 2. The fraction of sp³-hybridized carbons (Fsp3) is 0.0769. The maximum Gasteiger partial charge on any atom is 0.280 e. The van der Waals surface area contributed by atoms with Crippen LogP contribution >= 0.6 is 0 Å². The van der Waals surface area contributed by atoms with E-state index in [-0.39, 0.29) is 5.96 Å². The summed E-state index contributed by atoms with van der Waals surface area (Å²) in [6, 6.07) is 11.4. The summed E-state index contributed by atoms with van der Waals surface area (Å²) >= 11 is 0. The Labute approximate surface area is 98.9 Å². The fourth-order valence-electron chi connectivity index (χ4n) is 1.68. The first-order valence-electron chi connectivity index (χ1n) is 5.20. The van der Waals surface area contributed by atoms with Gasteiger partial charge in [0.05, 0.1) is 0 Å². The zero-order valence-electron chi connectivity index (χ0n) is 9.47. The first-order valence-corrected chi connectivity index (χ1v) is 5.20. The molecule has 0 heterocycles. The van der Waals surface area contributed by atoms with Crippen molar-refractivity contribution in [2.75, 3.05) is 0 Å². The van der Waals surface area contributed by atoms with Crippen molar-refractivity contribution in [1.29, 1.82) is 0 Å². The van der Waals surface area contributed by atoms with Crippen molar-refractivity contribution < 1.29 is 4.79 Å². The molecule has 0 aromatic heterocycles. The van der Waals surface area contributed by atoms with Crippen LogP contribution in [0.15, 0.2) is 41.4 Å². The van der Waals surface area contributed by atoms with Gasteiger partial charge in [-0.05, 0) is 29.8 Å². The third kappa shape index (κ3) is 2.42. The highest BCUT2D eigenvalue weighted by Crippen LogP contribution is 2.18. The molecule has 4 N–H and O–H groups in total. The van der Waals surface area contributed by atoms with Crippen LogP contribution in [0, 0.1) is 6.92 Å². The number of aliphatic imine (C=N–C) groups is 1. The van der Waals surface area contributed by atoms with Crippen molar-refractivity contribution in [2.24, 2.45) is 16.5 Å². The Balaban J connectivity index is 2.48. The molecular formula is C13H13N3O. The smallest absolute Gasteiger partial charge is 0.280 e. The van der Waals surface area contributed by atoms with Crippen LogP contribution in [0.25, 0.3) is 10.8 Å². The van der Waals surface area contributed by atoms with Gasteiger partial charge in [-0.15, -0.1) is 0 Å². The first-order chi connectivity index (χ1) is 8.06. The maximum absolute atomic E-state index is 11.6. The molecule has 0 radical (unpaired) electrons. The number of hydrogen-bond acceptors (Lipinski definition) is 1. The lowest BCUT2D eigenvalue weighted by molar-refractivity contribution is 0.100. The van der Waals surface area contributed by atoms with Gasteiger partial charge in [0.2, 0.25) is 0 Å². The van der Waals surface area contributed by atoms with Gasteiger partial charge < -0.3 is 11.5 Å². The Morgan fingerprint density at radius 3 is 2.41 bits per heavy atom. The molecule has 4 heteroatoms. The number of fused-ring (bicyclic) bond motifs is 1. The van der Waals surface area contributed by atoms with E-state index < -0.39 is 5.91 Å². The van der Waals surface area contributed by atoms with Crippen molar-refractivity contribution >= 4 is 22.6 Å². The summed E-state index contributed by atoms with van der Waals surface area (Å²) in [5.74, 6) is -0.647. The monoisotopic (exact) mass is 227 g/mol. The lowest BCUT2D eigenvalue weighted by atomic mass is 10.0. The van der Waals surface area contributed by atoms with Crippen LogP contribution < -0.4 is 11.5 Å².